The van der Waals surface area contributed by atoms with E-state index < -0.39 is 11.8 Å². The summed E-state index contributed by atoms with van der Waals surface area (Å²) >= 11 is 8.76. The molecule has 5 nitrogen and oxygen atoms in total. The molecule has 0 aliphatic rings. The first-order valence-corrected chi connectivity index (χ1v) is 10.1. The van der Waals surface area contributed by atoms with Crippen molar-refractivity contribution >= 4 is 57.6 Å². The second-order valence-corrected chi connectivity index (χ2v) is 8.06. The third kappa shape index (κ3) is 4.82. The molecular weight excluding hydrogens is 404 g/mol. The van der Waals surface area contributed by atoms with E-state index in [-0.39, 0.29) is 12.3 Å². The van der Waals surface area contributed by atoms with Gasteiger partial charge in [0.1, 0.15) is 0 Å². The number of anilines is 1. The van der Waals surface area contributed by atoms with Gasteiger partial charge in [-0.3, -0.25) is 14.4 Å². The Balaban J connectivity index is 1.55. The highest BCUT2D eigenvalue weighted by atomic mass is 35.5. The summed E-state index contributed by atoms with van der Waals surface area (Å²) in [6.07, 6.45) is 0. The van der Waals surface area contributed by atoms with Gasteiger partial charge in [0.15, 0.2) is 0 Å². The van der Waals surface area contributed by atoms with Crippen LogP contribution in [0.1, 0.15) is 25.7 Å². The minimum Gasteiger partial charge on any atom is -0.343 e. The third-order valence-corrected chi connectivity index (χ3v) is 5.90. The average Bonchev–Trinajstić information content (AvgIpc) is 3.34. The van der Waals surface area contributed by atoms with Gasteiger partial charge in [0.2, 0.25) is 5.78 Å². The third-order valence-electron chi connectivity index (χ3n) is 3.73. The predicted octanol–water partition coefficient (Wildman–Crippen LogP) is 4.26. The fourth-order valence-electron chi connectivity index (χ4n) is 2.24. The van der Waals surface area contributed by atoms with Gasteiger partial charge in [-0.2, -0.15) is 11.3 Å². The molecule has 0 saturated heterocycles. The van der Waals surface area contributed by atoms with Crippen molar-refractivity contribution in [2.75, 3.05) is 5.32 Å². The van der Waals surface area contributed by atoms with Crippen LogP contribution in [-0.4, -0.2) is 17.6 Å². The Kier molecular flexibility index (Phi) is 6.05. The molecule has 0 fully saturated rings. The lowest BCUT2D eigenvalue weighted by Crippen LogP contribution is -2.34. The monoisotopic (exact) mass is 418 g/mol. The maximum absolute atomic E-state index is 12.3. The van der Waals surface area contributed by atoms with E-state index in [0.29, 0.717) is 21.2 Å². The van der Waals surface area contributed by atoms with Gasteiger partial charge in [-0.1, -0.05) is 17.7 Å². The first kappa shape index (κ1) is 19.3. The van der Waals surface area contributed by atoms with Crippen molar-refractivity contribution < 1.29 is 14.4 Å². The molecule has 2 N–H and O–H groups in total. The number of carbonyl (C=O) groups is 3. The number of hydrogen-bond acceptors (Lipinski definition) is 5. The zero-order valence-corrected chi connectivity index (χ0v) is 16.6. The molecule has 0 unspecified atom stereocenters. The van der Waals surface area contributed by atoms with Crippen molar-refractivity contribution in [3.8, 4) is 0 Å². The molecule has 1 aromatic carbocycles. The molecule has 27 heavy (non-hydrogen) atoms. The summed E-state index contributed by atoms with van der Waals surface area (Å²) in [5, 5.41) is 9.21. The molecule has 0 saturated carbocycles. The minimum absolute atomic E-state index is 0.0483. The van der Waals surface area contributed by atoms with E-state index in [9.17, 15) is 14.4 Å². The lowest BCUT2D eigenvalue weighted by Gasteiger charge is -2.07. The quantitative estimate of drug-likeness (QED) is 0.480. The van der Waals surface area contributed by atoms with Gasteiger partial charge < -0.3 is 10.6 Å². The summed E-state index contributed by atoms with van der Waals surface area (Å²) in [4.78, 5) is 37.6. The molecule has 0 spiro atoms. The molecule has 3 rings (SSSR count). The Labute approximate surface area is 169 Å². The molecule has 0 aliphatic carbocycles. The van der Waals surface area contributed by atoms with Crippen LogP contribution >= 0.6 is 34.3 Å². The summed E-state index contributed by atoms with van der Waals surface area (Å²) in [5.74, 6) is -1.58. The van der Waals surface area contributed by atoms with Crippen LogP contribution in [-0.2, 0) is 16.1 Å². The molecule has 2 heterocycles. The molecule has 3 aromatic rings. The molecule has 0 radical (unpaired) electrons. The van der Waals surface area contributed by atoms with Gasteiger partial charge in [-0.05, 0) is 48.2 Å². The van der Waals surface area contributed by atoms with E-state index in [2.05, 4.69) is 10.6 Å². The van der Waals surface area contributed by atoms with Crippen LogP contribution in [0, 0.1) is 6.92 Å². The second-order valence-electron chi connectivity index (χ2n) is 5.71. The molecule has 2 amide bonds. The lowest BCUT2D eigenvalue weighted by molar-refractivity contribution is -0.136. The molecular formula is C19H15ClN2O3S2. The van der Waals surface area contributed by atoms with E-state index in [0.717, 1.165) is 10.4 Å². The van der Waals surface area contributed by atoms with Crippen molar-refractivity contribution in [1.82, 2.24) is 5.32 Å². The summed E-state index contributed by atoms with van der Waals surface area (Å²) in [7, 11) is 0. The van der Waals surface area contributed by atoms with E-state index in [1.54, 1.807) is 41.8 Å². The Morgan fingerprint density at radius 2 is 1.89 bits per heavy atom. The number of rotatable bonds is 5. The van der Waals surface area contributed by atoms with Crippen molar-refractivity contribution in [1.29, 1.82) is 0 Å². The Hall–Kier alpha value is -2.48. The number of halogens is 1. The van der Waals surface area contributed by atoms with E-state index in [1.807, 2.05) is 12.3 Å². The highest BCUT2D eigenvalue weighted by Gasteiger charge is 2.16. The number of nitrogens with one attached hydrogen (secondary N) is 2. The average molecular weight is 419 g/mol. The number of aryl methyl sites for hydroxylation is 1. The standard InChI is InChI=1S/C19H15ClN2O3S2/c1-11-2-3-13(8-15(11)20)22-19(25)18(24)21-9-14-4-5-16(27-14)17(23)12-6-7-26-10-12/h2-8,10H,9H2,1H3,(H,21,24)(H,22,25). The molecule has 138 valence electrons. The summed E-state index contributed by atoms with van der Waals surface area (Å²) < 4.78 is 0. The van der Waals surface area contributed by atoms with E-state index in [4.69, 9.17) is 11.6 Å². The summed E-state index contributed by atoms with van der Waals surface area (Å²) in [6, 6.07) is 10.3. The van der Waals surface area contributed by atoms with Crippen LogP contribution in [0.15, 0.2) is 47.2 Å². The topological polar surface area (TPSA) is 75.3 Å². The van der Waals surface area contributed by atoms with Crippen LogP contribution in [0.5, 0.6) is 0 Å². The zero-order valence-electron chi connectivity index (χ0n) is 14.2. The lowest BCUT2D eigenvalue weighted by atomic mass is 10.2. The van der Waals surface area contributed by atoms with Crippen LogP contribution in [0.4, 0.5) is 5.69 Å². The Bertz CT molecular complexity index is 996. The summed E-state index contributed by atoms with van der Waals surface area (Å²) in [6.45, 7) is 2.02. The maximum Gasteiger partial charge on any atom is 0.313 e. The molecule has 0 aliphatic heterocycles. The Morgan fingerprint density at radius 3 is 2.59 bits per heavy atom. The van der Waals surface area contributed by atoms with Crippen molar-refractivity contribution in [3.63, 3.8) is 0 Å². The highest BCUT2D eigenvalue weighted by molar-refractivity contribution is 7.14. The van der Waals surface area contributed by atoms with Crippen molar-refractivity contribution in [2.24, 2.45) is 0 Å². The smallest absolute Gasteiger partial charge is 0.313 e. The number of carbonyl (C=O) groups excluding carboxylic acids is 3. The summed E-state index contributed by atoms with van der Waals surface area (Å²) in [5.41, 5.74) is 1.98. The maximum atomic E-state index is 12.3. The molecule has 0 atom stereocenters. The predicted molar refractivity (Wildman–Crippen MR) is 109 cm³/mol. The second kappa shape index (κ2) is 8.47. The van der Waals surface area contributed by atoms with Gasteiger partial charge in [0.05, 0.1) is 11.4 Å². The van der Waals surface area contributed by atoms with Gasteiger partial charge in [0, 0.05) is 26.5 Å². The van der Waals surface area contributed by atoms with Gasteiger partial charge >= 0.3 is 11.8 Å². The SMILES string of the molecule is Cc1ccc(NC(=O)C(=O)NCc2ccc(C(=O)c3ccsc3)s2)cc1Cl. The first-order valence-electron chi connectivity index (χ1n) is 7.95. The largest absolute Gasteiger partial charge is 0.343 e. The van der Waals surface area contributed by atoms with Gasteiger partial charge in [-0.25, -0.2) is 0 Å². The highest BCUT2D eigenvalue weighted by Crippen LogP contribution is 2.22. The number of hydrogen-bond donors (Lipinski definition) is 2. The van der Waals surface area contributed by atoms with Gasteiger partial charge in [-0.15, -0.1) is 11.3 Å². The number of thiophene rings is 2. The Morgan fingerprint density at radius 1 is 1.07 bits per heavy atom. The van der Waals surface area contributed by atoms with Crippen LogP contribution < -0.4 is 10.6 Å². The van der Waals surface area contributed by atoms with Crippen LogP contribution in [0.3, 0.4) is 0 Å². The number of amides is 2. The normalized spacial score (nSPS) is 10.4. The fraction of sp³-hybridized carbons (Fsp3) is 0.105. The van der Waals surface area contributed by atoms with Crippen LogP contribution in [0.2, 0.25) is 5.02 Å². The number of benzene rings is 1. The van der Waals surface area contributed by atoms with Crippen LogP contribution in [0.25, 0.3) is 0 Å². The first-order chi connectivity index (χ1) is 12.9. The van der Waals surface area contributed by atoms with E-state index >= 15 is 0 Å². The minimum atomic E-state index is -0.777. The molecule has 8 heteroatoms. The van der Waals surface area contributed by atoms with Crippen molar-refractivity contribution in [3.05, 3.63) is 73.1 Å². The number of ketones is 1. The van der Waals surface area contributed by atoms with E-state index in [1.165, 1.54) is 22.7 Å². The molecule has 2 aromatic heterocycles. The zero-order chi connectivity index (χ0) is 19.4. The molecule has 0 bridgehead atoms. The van der Waals surface area contributed by atoms with Gasteiger partial charge in [0.25, 0.3) is 0 Å². The van der Waals surface area contributed by atoms with Crippen molar-refractivity contribution in [2.45, 2.75) is 13.5 Å². The fourth-order valence-corrected chi connectivity index (χ4v) is 3.96.